The van der Waals surface area contributed by atoms with E-state index in [9.17, 15) is 39.0 Å². The van der Waals surface area contributed by atoms with Crippen LogP contribution in [0, 0.1) is 0 Å². The van der Waals surface area contributed by atoms with Crippen LogP contribution in [-0.4, -0.2) is 64.7 Å². The molecule has 0 saturated carbocycles. The molecule has 0 aliphatic heterocycles. The fourth-order valence-electron chi connectivity index (χ4n) is 9.45. The van der Waals surface area contributed by atoms with Gasteiger partial charge in [0.25, 0.3) is 11.8 Å². The lowest BCUT2D eigenvalue weighted by molar-refractivity contribution is -0.126. The Morgan fingerprint density at radius 2 is 1.05 bits per heavy atom. The van der Waals surface area contributed by atoms with Crippen molar-refractivity contribution < 1.29 is 48.5 Å². The van der Waals surface area contributed by atoms with Crippen LogP contribution < -0.4 is 31.3 Å². The van der Waals surface area contributed by atoms with Crippen molar-refractivity contribution in [1.82, 2.24) is 10.6 Å². The molecule has 1 atom stereocenters. The van der Waals surface area contributed by atoms with Gasteiger partial charge >= 0.3 is 12.1 Å². The van der Waals surface area contributed by atoms with Gasteiger partial charge in [-0.3, -0.25) is 19.2 Å². The Labute approximate surface area is 443 Å². The van der Waals surface area contributed by atoms with Gasteiger partial charge in [0.1, 0.15) is 18.2 Å². The minimum Gasteiger partial charge on any atom is -0.504 e. The van der Waals surface area contributed by atoms with Crippen LogP contribution in [0.25, 0.3) is 11.1 Å². The average molecular weight is 1030 g/mol. The summed E-state index contributed by atoms with van der Waals surface area (Å²) in [4.78, 5) is 81.3. The third-order valence-electron chi connectivity index (χ3n) is 13.1. The molecule has 15 nitrogen and oxygen atoms in total. The first-order valence-electron chi connectivity index (χ1n) is 24.8. The minimum atomic E-state index is -1.47. The molecule has 0 spiro atoms. The van der Waals surface area contributed by atoms with Gasteiger partial charge in [-0.1, -0.05) is 140 Å². The zero-order valence-corrected chi connectivity index (χ0v) is 41.9. The molecule has 9 rings (SSSR count). The Balaban J connectivity index is 0.943. The number of benzene rings is 8. The number of carbonyl (C=O) groups excluding carboxylic acids is 5. The van der Waals surface area contributed by atoms with Gasteiger partial charge in [0.05, 0.1) is 29.3 Å². The van der Waals surface area contributed by atoms with E-state index >= 15 is 0 Å². The lowest BCUT2D eigenvalue weighted by Crippen LogP contribution is -2.52. The lowest BCUT2D eigenvalue weighted by atomic mass is 9.77. The van der Waals surface area contributed by atoms with E-state index in [0.29, 0.717) is 0 Å². The van der Waals surface area contributed by atoms with Crippen LogP contribution >= 0.6 is 0 Å². The zero-order chi connectivity index (χ0) is 54.1. The monoisotopic (exact) mass is 1030 g/mol. The van der Waals surface area contributed by atoms with E-state index < -0.39 is 65.5 Å². The molecule has 1 aliphatic rings. The number of phenolic OH excluding ortho intramolecular Hbond substituents is 1. The van der Waals surface area contributed by atoms with E-state index in [0.717, 1.165) is 38.9 Å². The average Bonchev–Trinajstić information content (AvgIpc) is 3.79. The molecule has 5 amide bonds. The molecule has 1 aliphatic carbocycles. The van der Waals surface area contributed by atoms with Gasteiger partial charge in [-0.15, -0.1) is 0 Å². The van der Waals surface area contributed by atoms with Gasteiger partial charge in [0.15, 0.2) is 11.5 Å². The zero-order valence-electron chi connectivity index (χ0n) is 41.9. The van der Waals surface area contributed by atoms with E-state index in [1.54, 1.807) is 13.8 Å². The van der Waals surface area contributed by atoms with Crippen LogP contribution in [0.3, 0.4) is 0 Å². The molecule has 1 unspecified atom stereocenters. The largest absolute Gasteiger partial charge is 0.504 e. The SMILES string of the molecule is CC(C)Oc1c(NC(=O)c2ccc(NC(=O)C(CC(=O)NC(c3ccccc3)(c3ccccc3)c3ccccc3)NC(=O)OCC3c4ccccc4-c4ccccc43)cc2)ccc(C(=O)Nc2ccc(C(=O)O)cc2)c1O. The summed E-state index contributed by atoms with van der Waals surface area (Å²) in [5.74, 6) is -4.78. The molecule has 0 radical (unpaired) electrons. The highest BCUT2D eigenvalue weighted by atomic mass is 16.5. The van der Waals surface area contributed by atoms with Crippen molar-refractivity contribution in [2.24, 2.45) is 0 Å². The van der Waals surface area contributed by atoms with Crippen LogP contribution in [0.2, 0.25) is 0 Å². The fourth-order valence-corrected chi connectivity index (χ4v) is 9.45. The smallest absolute Gasteiger partial charge is 0.407 e. The number of fused-ring (bicyclic) bond motifs is 3. The van der Waals surface area contributed by atoms with E-state index in [-0.39, 0.29) is 52.0 Å². The summed E-state index contributed by atoms with van der Waals surface area (Å²) >= 11 is 0. The summed E-state index contributed by atoms with van der Waals surface area (Å²) < 4.78 is 11.7. The number of carbonyl (C=O) groups is 6. The van der Waals surface area contributed by atoms with Gasteiger partial charge in [-0.2, -0.15) is 0 Å². The van der Waals surface area contributed by atoms with E-state index in [1.165, 1.54) is 60.7 Å². The predicted octanol–water partition coefficient (Wildman–Crippen LogP) is 10.7. The molecule has 8 aromatic rings. The van der Waals surface area contributed by atoms with Crippen LogP contribution in [0.4, 0.5) is 21.9 Å². The van der Waals surface area contributed by atoms with Gasteiger partial charge in [0, 0.05) is 22.9 Å². The first-order valence-corrected chi connectivity index (χ1v) is 24.8. The maximum Gasteiger partial charge on any atom is 0.407 e. The highest BCUT2D eigenvalue weighted by Gasteiger charge is 2.39. The Morgan fingerprint density at radius 3 is 1.57 bits per heavy atom. The molecular weight excluding hydrogens is 975 g/mol. The molecule has 0 heterocycles. The molecule has 0 fully saturated rings. The van der Waals surface area contributed by atoms with E-state index in [1.807, 2.05) is 140 Å². The Hall–Kier alpha value is -10.0. The second-order valence-electron chi connectivity index (χ2n) is 18.5. The van der Waals surface area contributed by atoms with Gasteiger partial charge in [-0.25, -0.2) is 9.59 Å². The highest BCUT2D eigenvalue weighted by Crippen LogP contribution is 2.45. The summed E-state index contributed by atoms with van der Waals surface area (Å²) in [6.07, 6.45) is -1.92. The van der Waals surface area contributed by atoms with Crippen molar-refractivity contribution in [1.29, 1.82) is 0 Å². The fraction of sp³-hybridized carbons (Fsp3) is 0.129. The number of anilines is 3. The van der Waals surface area contributed by atoms with E-state index in [2.05, 4.69) is 26.6 Å². The molecule has 8 aromatic carbocycles. The van der Waals surface area contributed by atoms with Crippen LogP contribution in [-0.2, 0) is 19.9 Å². The molecule has 0 aromatic heterocycles. The Bertz CT molecular complexity index is 3320. The normalized spacial score (nSPS) is 12.0. The third-order valence-corrected chi connectivity index (χ3v) is 13.1. The number of hydrogen-bond acceptors (Lipinski definition) is 9. The van der Waals surface area contributed by atoms with Crippen molar-refractivity contribution in [3.63, 3.8) is 0 Å². The molecule has 7 N–H and O–H groups in total. The number of ether oxygens (including phenoxy) is 2. The van der Waals surface area contributed by atoms with Crippen molar-refractivity contribution in [2.45, 2.75) is 43.9 Å². The lowest BCUT2D eigenvalue weighted by Gasteiger charge is -2.37. The molecule has 386 valence electrons. The topological polar surface area (TPSA) is 221 Å². The van der Waals surface area contributed by atoms with Gasteiger partial charge < -0.3 is 46.3 Å². The summed E-state index contributed by atoms with van der Waals surface area (Å²) in [6.45, 7) is 3.36. The third kappa shape index (κ3) is 11.5. The standard InChI is InChI=1S/C62H53N5O10/c1-38(2)77-56-52(35-34-50(55(56)69)58(71)63-44-32-28-40(29-33-44)60(73)74)65-57(70)39-26-30-45(31-27-39)64-59(72)53(66-61(75)76-37-51-48-24-14-12-22-46(48)47-23-13-15-25-49(47)51)36-54(68)67-62(41-16-6-3-7-17-41,42-18-8-4-9-19-42)43-20-10-5-11-21-43/h3-35,38,51,53,69H,36-37H2,1-2H3,(H,63,71)(H,64,72)(H,65,70)(H,66,75)(H,67,68)(H,73,74). The number of aromatic carboxylic acids is 1. The first-order chi connectivity index (χ1) is 37.3. The Kier molecular flexibility index (Phi) is 15.5. The highest BCUT2D eigenvalue weighted by molar-refractivity contribution is 6.10. The number of hydrogen-bond donors (Lipinski definition) is 7. The molecule has 77 heavy (non-hydrogen) atoms. The van der Waals surface area contributed by atoms with Crippen molar-refractivity contribution in [2.75, 3.05) is 22.6 Å². The minimum absolute atomic E-state index is 0.0264. The van der Waals surface area contributed by atoms with Gasteiger partial charge in [-0.05, 0) is 113 Å². The molecule has 0 bridgehead atoms. The second-order valence-corrected chi connectivity index (χ2v) is 18.5. The number of rotatable bonds is 18. The van der Waals surface area contributed by atoms with Crippen molar-refractivity contribution >= 4 is 52.8 Å². The number of aromatic hydroxyl groups is 1. The summed E-state index contributed by atoms with van der Waals surface area (Å²) in [7, 11) is 0. The molecule has 0 saturated heterocycles. The number of carboxylic acid groups (broad SMARTS) is 1. The molecule has 15 heteroatoms. The number of phenols is 1. The van der Waals surface area contributed by atoms with Crippen LogP contribution in [0.5, 0.6) is 11.5 Å². The maximum atomic E-state index is 14.7. The van der Waals surface area contributed by atoms with Crippen molar-refractivity contribution in [3.8, 4) is 22.6 Å². The summed E-state index contributed by atoms with van der Waals surface area (Å²) in [5, 5.41) is 34.6. The van der Waals surface area contributed by atoms with Crippen LogP contribution in [0.15, 0.2) is 200 Å². The molecular formula is C62H53N5O10. The van der Waals surface area contributed by atoms with Crippen molar-refractivity contribution in [3.05, 3.63) is 245 Å². The predicted molar refractivity (Wildman–Crippen MR) is 292 cm³/mol. The first kappa shape index (κ1) is 51.9. The number of amides is 5. The van der Waals surface area contributed by atoms with Crippen LogP contribution in [0.1, 0.15) is 85.1 Å². The number of alkyl carbamates (subject to hydrolysis) is 1. The Morgan fingerprint density at radius 1 is 0.558 bits per heavy atom. The number of carboxylic acids is 1. The summed E-state index contributed by atoms with van der Waals surface area (Å²) in [6, 6.07) is 56.8. The van der Waals surface area contributed by atoms with E-state index in [4.69, 9.17) is 9.47 Å². The maximum absolute atomic E-state index is 14.7. The number of nitrogens with one attached hydrogen (secondary N) is 5. The summed E-state index contributed by atoms with van der Waals surface area (Å²) in [5.41, 5.74) is 5.67. The van der Waals surface area contributed by atoms with Gasteiger partial charge in [0.2, 0.25) is 11.8 Å². The second kappa shape index (κ2) is 23.0. The quantitative estimate of drug-likeness (QED) is 0.0403.